The maximum atomic E-state index is 13.0. The van der Waals surface area contributed by atoms with Gasteiger partial charge in [0, 0.05) is 43.1 Å². The average molecular weight is 432 g/mol. The largest absolute Gasteiger partial charge is 0.368 e. The van der Waals surface area contributed by atoms with Crippen LogP contribution in [0.4, 0.5) is 15.8 Å². The van der Waals surface area contributed by atoms with E-state index in [0.29, 0.717) is 30.8 Å². The van der Waals surface area contributed by atoms with Gasteiger partial charge in [-0.25, -0.2) is 4.39 Å². The van der Waals surface area contributed by atoms with Crippen LogP contribution in [0.5, 0.6) is 0 Å². The lowest BCUT2D eigenvalue weighted by Crippen LogP contribution is -2.49. The predicted molar refractivity (Wildman–Crippen MR) is 124 cm³/mol. The van der Waals surface area contributed by atoms with Gasteiger partial charge in [-0.15, -0.1) is 0 Å². The van der Waals surface area contributed by atoms with Crippen molar-refractivity contribution in [3.05, 3.63) is 95.3 Å². The van der Waals surface area contributed by atoms with Crippen molar-refractivity contribution in [1.82, 2.24) is 4.90 Å². The Morgan fingerprint density at radius 2 is 1.53 bits per heavy atom. The molecular weight excluding hydrogens is 405 g/mol. The zero-order valence-corrected chi connectivity index (χ0v) is 18.1. The molecule has 0 spiro atoms. The Labute approximate surface area is 187 Å². The fourth-order valence-corrected chi connectivity index (χ4v) is 3.86. The Hall–Kier alpha value is -3.67. The molecule has 0 aliphatic carbocycles. The molecule has 1 saturated heterocycles. The van der Waals surface area contributed by atoms with E-state index in [9.17, 15) is 14.0 Å². The molecule has 1 aliphatic rings. The van der Waals surface area contributed by atoms with Crippen LogP contribution in [0.1, 0.15) is 21.5 Å². The number of aryl methyl sites for hydroxylation is 1. The van der Waals surface area contributed by atoms with Gasteiger partial charge in [-0.05, 0) is 66.6 Å². The van der Waals surface area contributed by atoms with Crippen LogP contribution >= 0.6 is 0 Å². The summed E-state index contributed by atoms with van der Waals surface area (Å²) in [6.45, 7) is 4.94. The molecule has 0 radical (unpaired) electrons. The maximum absolute atomic E-state index is 13.0. The number of rotatable bonds is 5. The highest BCUT2D eigenvalue weighted by atomic mass is 19.1. The van der Waals surface area contributed by atoms with E-state index in [-0.39, 0.29) is 17.6 Å². The molecule has 3 aromatic carbocycles. The van der Waals surface area contributed by atoms with E-state index in [4.69, 9.17) is 0 Å². The molecule has 0 saturated carbocycles. The van der Waals surface area contributed by atoms with Gasteiger partial charge in [0.05, 0.1) is 6.42 Å². The van der Waals surface area contributed by atoms with Crippen LogP contribution in [0.2, 0.25) is 0 Å². The molecule has 3 aromatic rings. The first-order chi connectivity index (χ1) is 15.5. The van der Waals surface area contributed by atoms with E-state index in [2.05, 4.69) is 10.2 Å². The summed E-state index contributed by atoms with van der Waals surface area (Å²) < 4.78 is 13.0. The number of piperazine rings is 1. The number of carbonyl (C=O) groups excluding carboxylic acids is 2. The third-order valence-electron chi connectivity index (χ3n) is 5.83. The molecule has 0 bridgehead atoms. The summed E-state index contributed by atoms with van der Waals surface area (Å²) in [4.78, 5) is 29.1. The van der Waals surface area contributed by atoms with Crippen LogP contribution in [-0.4, -0.2) is 42.9 Å². The summed E-state index contributed by atoms with van der Waals surface area (Å²) >= 11 is 0. The van der Waals surface area contributed by atoms with Crippen molar-refractivity contribution >= 4 is 23.2 Å². The summed E-state index contributed by atoms with van der Waals surface area (Å²) in [7, 11) is 0. The van der Waals surface area contributed by atoms with Crippen molar-refractivity contribution in [2.24, 2.45) is 0 Å². The fraction of sp³-hybridized carbons (Fsp3) is 0.231. The molecule has 1 N–H and O–H groups in total. The van der Waals surface area contributed by atoms with Crippen LogP contribution in [0, 0.1) is 12.7 Å². The molecule has 0 atom stereocenters. The van der Waals surface area contributed by atoms with Crippen LogP contribution < -0.4 is 10.2 Å². The van der Waals surface area contributed by atoms with Gasteiger partial charge in [0.2, 0.25) is 5.91 Å². The normalized spacial score (nSPS) is 13.7. The minimum atomic E-state index is -0.372. The summed E-state index contributed by atoms with van der Waals surface area (Å²) in [6, 6.07) is 21.1. The zero-order chi connectivity index (χ0) is 22.5. The molecule has 164 valence electrons. The number of nitrogens with one attached hydrogen (secondary N) is 1. The predicted octanol–water partition coefficient (Wildman–Crippen LogP) is 4.28. The highest BCUT2D eigenvalue weighted by Crippen LogP contribution is 2.21. The Bertz CT molecular complexity index is 1090. The summed E-state index contributed by atoms with van der Waals surface area (Å²) in [6.07, 6.45) is 0.440. The molecule has 0 unspecified atom stereocenters. The Balaban J connectivity index is 1.30. The molecule has 5 nitrogen and oxygen atoms in total. The van der Waals surface area contributed by atoms with Crippen molar-refractivity contribution in [1.29, 1.82) is 0 Å². The molecule has 32 heavy (non-hydrogen) atoms. The number of halogens is 1. The first-order valence-corrected chi connectivity index (χ1v) is 10.7. The van der Waals surface area contributed by atoms with Crippen molar-refractivity contribution in [2.75, 3.05) is 36.4 Å². The number of amides is 2. The summed E-state index contributed by atoms with van der Waals surface area (Å²) in [5.74, 6) is -0.487. The lowest BCUT2D eigenvalue weighted by molar-refractivity contribution is -0.130. The standard InChI is InChI=1S/C26H26FN3O2/c1-19-4-2-3-5-21(19)18-25(31)30-16-14-29(15-17-30)24-12-10-23(11-13-24)28-26(32)20-6-8-22(27)9-7-20/h2-13H,14-18H2,1H3,(H,28,32). The first-order valence-electron chi connectivity index (χ1n) is 10.7. The van der Waals surface area contributed by atoms with Crippen molar-refractivity contribution in [3.8, 4) is 0 Å². The van der Waals surface area contributed by atoms with E-state index < -0.39 is 0 Å². The minimum absolute atomic E-state index is 0.165. The molecule has 4 rings (SSSR count). The summed E-state index contributed by atoms with van der Waals surface area (Å²) in [5.41, 5.74) is 4.36. The molecule has 1 heterocycles. The van der Waals surface area contributed by atoms with Crippen LogP contribution in [-0.2, 0) is 11.2 Å². The highest BCUT2D eigenvalue weighted by Gasteiger charge is 2.21. The van der Waals surface area contributed by atoms with Gasteiger partial charge in [-0.3, -0.25) is 9.59 Å². The Morgan fingerprint density at radius 1 is 0.875 bits per heavy atom. The second-order valence-corrected chi connectivity index (χ2v) is 7.98. The topological polar surface area (TPSA) is 52.7 Å². The number of nitrogens with zero attached hydrogens (tertiary/aromatic N) is 2. The Morgan fingerprint density at radius 3 is 2.19 bits per heavy atom. The van der Waals surface area contributed by atoms with E-state index in [1.165, 1.54) is 24.3 Å². The molecule has 0 aromatic heterocycles. The van der Waals surface area contributed by atoms with E-state index >= 15 is 0 Å². The SMILES string of the molecule is Cc1ccccc1CC(=O)N1CCN(c2ccc(NC(=O)c3ccc(F)cc3)cc2)CC1. The van der Waals surface area contributed by atoms with Crippen molar-refractivity contribution < 1.29 is 14.0 Å². The quantitative estimate of drug-likeness (QED) is 0.656. The van der Waals surface area contributed by atoms with E-state index in [0.717, 1.165) is 29.9 Å². The monoisotopic (exact) mass is 431 g/mol. The van der Waals surface area contributed by atoms with E-state index in [1.807, 2.05) is 60.4 Å². The molecule has 1 aliphatic heterocycles. The molecule has 2 amide bonds. The molecular formula is C26H26FN3O2. The van der Waals surface area contributed by atoms with Gasteiger partial charge in [0.15, 0.2) is 0 Å². The number of carbonyl (C=O) groups is 2. The van der Waals surface area contributed by atoms with Crippen LogP contribution in [0.3, 0.4) is 0 Å². The van der Waals surface area contributed by atoms with Crippen molar-refractivity contribution in [2.45, 2.75) is 13.3 Å². The highest BCUT2D eigenvalue weighted by molar-refractivity contribution is 6.04. The number of hydrogen-bond acceptors (Lipinski definition) is 3. The fourth-order valence-electron chi connectivity index (χ4n) is 3.86. The minimum Gasteiger partial charge on any atom is -0.368 e. The maximum Gasteiger partial charge on any atom is 0.255 e. The van der Waals surface area contributed by atoms with Gasteiger partial charge in [-0.2, -0.15) is 0 Å². The summed E-state index contributed by atoms with van der Waals surface area (Å²) in [5, 5.41) is 2.82. The van der Waals surface area contributed by atoms with Gasteiger partial charge in [-0.1, -0.05) is 24.3 Å². The van der Waals surface area contributed by atoms with E-state index in [1.54, 1.807) is 0 Å². The lowest BCUT2D eigenvalue weighted by atomic mass is 10.1. The lowest BCUT2D eigenvalue weighted by Gasteiger charge is -2.36. The third-order valence-corrected chi connectivity index (χ3v) is 5.83. The van der Waals surface area contributed by atoms with Gasteiger partial charge in [0.25, 0.3) is 5.91 Å². The second-order valence-electron chi connectivity index (χ2n) is 7.98. The third kappa shape index (κ3) is 5.14. The number of anilines is 2. The first kappa shape index (κ1) is 21.6. The van der Waals surface area contributed by atoms with Crippen molar-refractivity contribution in [3.63, 3.8) is 0 Å². The van der Waals surface area contributed by atoms with Gasteiger partial charge >= 0.3 is 0 Å². The second kappa shape index (κ2) is 9.64. The number of hydrogen-bond donors (Lipinski definition) is 1. The van der Waals surface area contributed by atoms with Crippen LogP contribution in [0.25, 0.3) is 0 Å². The molecule has 1 fully saturated rings. The average Bonchev–Trinajstić information content (AvgIpc) is 2.81. The smallest absolute Gasteiger partial charge is 0.255 e. The zero-order valence-electron chi connectivity index (χ0n) is 18.1. The Kier molecular flexibility index (Phi) is 6.50. The van der Waals surface area contributed by atoms with Gasteiger partial charge < -0.3 is 15.1 Å². The number of benzene rings is 3. The van der Waals surface area contributed by atoms with Gasteiger partial charge in [0.1, 0.15) is 5.82 Å². The molecule has 6 heteroatoms. The van der Waals surface area contributed by atoms with Crippen LogP contribution in [0.15, 0.2) is 72.8 Å².